The van der Waals surface area contributed by atoms with E-state index in [9.17, 15) is 0 Å². The second-order valence-electron chi connectivity index (χ2n) is 7.39. The number of methoxy groups -OCH3 is 1. The van der Waals surface area contributed by atoms with E-state index >= 15 is 0 Å². The highest BCUT2D eigenvalue weighted by molar-refractivity contribution is 14.0. The minimum atomic E-state index is 0. The monoisotopic (exact) mass is 534 g/mol. The van der Waals surface area contributed by atoms with Crippen LogP contribution in [0.2, 0.25) is 0 Å². The van der Waals surface area contributed by atoms with Gasteiger partial charge in [-0.2, -0.15) is 0 Å². The summed E-state index contributed by atoms with van der Waals surface area (Å²) in [6.45, 7) is 7.18. The molecule has 0 atom stereocenters. The summed E-state index contributed by atoms with van der Waals surface area (Å²) in [6.07, 6.45) is 0. The number of hydrogen-bond acceptors (Lipinski definition) is 4. The number of nitrogens with one attached hydrogen (secondary N) is 1. The average molecular weight is 534 g/mol. The molecule has 0 saturated carbocycles. The number of fused-ring (bicyclic) bond motifs is 1. The fourth-order valence-corrected chi connectivity index (χ4v) is 3.96. The molecule has 0 unspecified atom stereocenters. The SMILES string of the molecule is CCNC(=NCc1nc2ccccc2n1C)N1CCN(c2ccccc2OC)CC1.I. The molecule has 1 saturated heterocycles. The van der Waals surface area contributed by atoms with Crippen LogP contribution in [-0.4, -0.2) is 60.2 Å². The number of rotatable bonds is 5. The molecule has 1 aliphatic rings. The lowest BCUT2D eigenvalue weighted by molar-refractivity contribution is 0.367. The minimum Gasteiger partial charge on any atom is -0.495 e. The van der Waals surface area contributed by atoms with E-state index in [2.05, 4.69) is 51.9 Å². The van der Waals surface area contributed by atoms with E-state index in [0.29, 0.717) is 6.54 Å². The predicted octanol–water partition coefficient (Wildman–Crippen LogP) is 3.49. The molecule has 4 rings (SSSR count). The number of hydrogen-bond donors (Lipinski definition) is 1. The summed E-state index contributed by atoms with van der Waals surface area (Å²) in [6, 6.07) is 16.4. The van der Waals surface area contributed by atoms with E-state index in [1.165, 1.54) is 0 Å². The number of aliphatic imine (C=N–C) groups is 1. The number of aromatic nitrogens is 2. The molecule has 3 aromatic rings. The molecule has 1 aliphatic heterocycles. The van der Waals surface area contributed by atoms with Crippen LogP contribution in [0.1, 0.15) is 12.7 Å². The lowest BCUT2D eigenvalue weighted by atomic mass is 10.2. The van der Waals surface area contributed by atoms with Gasteiger partial charge in [-0.3, -0.25) is 0 Å². The van der Waals surface area contributed by atoms with Crippen molar-refractivity contribution in [3.05, 3.63) is 54.4 Å². The van der Waals surface area contributed by atoms with Gasteiger partial charge in [0.1, 0.15) is 18.1 Å². The first kappa shape index (κ1) is 23.2. The molecule has 166 valence electrons. The van der Waals surface area contributed by atoms with Crippen molar-refractivity contribution >= 4 is 46.7 Å². The maximum atomic E-state index is 5.53. The maximum absolute atomic E-state index is 5.53. The molecular weight excluding hydrogens is 503 g/mol. The van der Waals surface area contributed by atoms with Crippen LogP contribution in [-0.2, 0) is 13.6 Å². The molecule has 0 radical (unpaired) electrons. The third-order valence-corrected chi connectivity index (χ3v) is 5.59. The number of benzene rings is 2. The fraction of sp³-hybridized carbons (Fsp3) is 0.391. The molecule has 1 N–H and O–H groups in total. The average Bonchev–Trinajstić information content (AvgIpc) is 3.12. The maximum Gasteiger partial charge on any atom is 0.194 e. The van der Waals surface area contributed by atoms with Gasteiger partial charge < -0.3 is 24.4 Å². The quantitative estimate of drug-likeness (QED) is 0.309. The van der Waals surface area contributed by atoms with Crippen molar-refractivity contribution in [2.45, 2.75) is 13.5 Å². The standard InChI is InChI=1S/C23H30N6O.HI/c1-4-24-23(25-17-22-26-18-9-5-6-10-19(18)27(22)2)29-15-13-28(14-16-29)20-11-7-8-12-21(20)30-3;/h5-12H,4,13-17H2,1-3H3,(H,24,25);1H. The zero-order valence-corrected chi connectivity index (χ0v) is 20.7. The third kappa shape index (κ3) is 5.06. The Morgan fingerprint density at radius 2 is 1.77 bits per heavy atom. The topological polar surface area (TPSA) is 57.9 Å². The molecule has 0 aliphatic carbocycles. The number of imidazole rings is 1. The predicted molar refractivity (Wildman–Crippen MR) is 138 cm³/mol. The summed E-state index contributed by atoms with van der Waals surface area (Å²) in [5.41, 5.74) is 3.31. The molecule has 31 heavy (non-hydrogen) atoms. The van der Waals surface area contributed by atoms with Crippen molar-refractivity contribution in [1.29, 1.82) is 0 Å². The van der Waals surface area contributed by atoms with Gasteiger partial charge >= 0.3 is 0 Å². The van der Waals surface area contributed by atoms with E-state index in [-0.39, 0.29) is 24.0 Å². The number of aryl methyl sites for hydroxylation is 1. The Balaban J connectivity index is 0.00000272. The number of para-hydroxylation sites is 4. The van der Waals surface area contributed by atoms with Crippen LogP contribution in [0.25, 0.3) is 11.0 Å². The van der Waals surface area contributed by atoms with E-state index < -0.39 is 0 Å². The Kier molecular flexibility index (Phi) is 8.00. The molecule has 2 aromatic carbocycles. The highest BCUT2D eigenvalue weighted by Gasteiger charge is 2.21. The van der Waals surface area contributed by atoms with E-state index in [1.807, 2.05) is 30.3 Å². The summed E-state index contributed by atoms with van der Waals surface area (Å²) < 4.78 is 7.66. The van der Waals surface area contributed by atoms with Gasteiger partial charge in [0, 0.05) is 39.8 Å². The van der Waals surface area contributed by atoms with Crippen LogP contribution in [0.5, 0.6) is 5.75 Å². The zero-order valence-electron chi connectivity index (χ0n) is 18.4. The summed E-state index contributed by atoms with van der Waals surface area (Å²) in [5.74, 6) is 2.84. The smallest absolute Gasteiger partial charge is 0.194 e. The summed E-state index contributed by atoms with van der Waals surface area (Å²) in [5, 5.41) is 3.45. The molecule has 0 bridgehead atoms. The van der Waals surface area contributed by atoms with Crippen LogP contribution in [0.4, 0.5) is 5.69 Å². The lowest BCUT2D eigenvalue weighted by Gasteiger charge is -2.38. The van der Waals surface area contributed by atoms with Gasteiger partial charge in [-0.1, -0.05) is 24.3 Å². The van der Waals surface area contributed by atoms with Crippen molar-refractivity contribution in [2.24, 2.45) is 12.0 Å². The van der Waals surface area contributed by atoms with Gasteiger partial charge in [0.25, 0.3) is 0 Å². The lowest BCUT2D eigenvalue weighted by Crippen LogP contribution is -2.52. The van der Waals surface area contributed by atoms with Crippen molar-refractivity contribution in [1.82, 2.24) is 19.8 Å². The molecule has 7 nitrogen and oxygen atoms in total. The van der Waals surface area contributed by atoms with Gasteiger partial charge in [-0.15, -0.1) is 24.0 Å². The Morgan fingerprint density at radius 3 is 2.48 bits per heavy atom. The number of ether oxygens (including phenoxy) is 1. The first-order valence-corrected chi connectivity index (χ1v) is 10.5. The molecule has 8 heteroatoms. The molecule has 1 fully saturated rings. The van der Waals surface area contributed by atoms with Crippen LogP contribution >= 0.6 is 24.0 Å². The van der Waals surface area contributed by atoms with Crippen molar-refractivity contribution < 1.29 is 4.74 Å². The van der Waals surface area contributed by atoms with E-state index in [0.717, 1.165) is 67.0 Å². The molecule has 0 amide bonds. The van der Waals surface area contributed by atoms with E-state index in [4.69, 9.17) is 14.7 Å². The summed E-state index contributed by atoms with van der Waals surface area (Å²) in [4.78, 5) is 14.4. The third-order valence-electron chi connectivity index (χ3n) is 5.59. The largest absolute Gasteiger partial charge is 0.495 e. The van der Waals surface area contributed by atoms with Gasteiger partial charge in [0.2, 0.25) is 0 Å². The number of anilines is 1. The molecular formula is C23H31IN6O. The zero-order chi connectivity index (χ0) is 20.9. The Morgan fingerprint density at radius 1 is 1.06 bits per heavy atom. The van der Waals surface area contributed by atoms with E-state index in [1.54, 1.807) is 7.11 Å². The van der Waals surface area contributed by atoms with Gasteiger partial charge in [0.05, 0.1) is 23.8 Å². The van der Waals surface area contributed by atoms with Gasteiger partial charge in [-0.05, 0) is 31.2 Å². The highest BCUT2D eigenvalue weighted by atomic mass is 127. The second-order valence-corrected chi connectivity index (χ2v) is 7.39. The Bertz CT molecular complexity index is 1030. The second kappa shape index (κ2) is 10.7. The fourth-order valence-electron chi connectivity index (χ4n) is 3.96. The van der Waals surface area contributed by atoms with Crippen LogP contribution < -0.4 is 15.0 Å². The minimum absolute atomic E-state index is 0. The van der Waals surface area contributed by atoms with Crippen LogP contribution in [0.3, 0.4) is 0 Å². The number of guanidine groups is 1. The number of nitrogens with zero attached hydrogens (tertiary/aromatic N) is 5. The van der Waals surface area contributed by atoms with Crippen LogP contribution in [0.15, 0.2) is 53.5 Å². The Hall–Kier alpha value is -2.49. The van der Waals surface area contributed by atoms with Crippen molar-refractivity contribution in [3.8, 4) is 5.75 Å². The van der Waals surface area contributed by atoms with Crippen LogP contribution in [0, 0.1) is 0 Å². The number of halogens is 1. The van der Waals surface area contributed by atoms with Crippen molar-refractivity contribution in [2.75, 3.05) is 44.7 Å². The highest BCUT2D eigenvalue weighted by Crippen LogP contribution is 2.28. The number of piperazine rings is 1. The van der Waals surface area contributed by atoms with Crippen molar-refractivity contribution in [3.63, 3.8) is 0 Å². The Labute approximate surface area is 201 Å². The molecule has 1 aromatic heterocycles. The molecule has 2 heterocycles. The molecule has 0 spiro atoms. The van der Waals surface area contributed by atoms with Gasteiger partial charge in [-0.25, -0.2) is 9.98 Å². The first-order chi connectivity index (χ1) is 14.7. The first-order valence-electron chi connectivity index (χ1n) is 10.5. The van der Waals surface area contributed by atoms with Gasteiger partial charge in [0.15, 0.2) is 5.96 Å². The normalized spacial score (nSPS) is 14.5. The summed E-state index contributed by atoms with van der Waals surface area (Å²) in [7, 11) is 3.78. The summed E-state index contributed by atoms with van der Waals surface area (Å²) >= 11 is 0.